The van der Waals surface area contributed by atoms with Crippen molar-refractivity contribution in [3.8, 4) is 23.1 Å². The highest BCUT2D eigenvalue weighted by molar-refractivity contribution is 6.01. The number of carbonyl (C=O) groups is 1. The third kappa shape index (κ3) is 5.03. The first-order valence-corrected chi connectivity index (χ1v) is 10.3. The largest absolute Gasteiger partial charge is 0.493 e. The molecule has 0 saturated heterocycles. The average molecular weight is 478 g/mol. The predicted molar refractivity (Wildman–Crippen MR) is 124 cm³/mol. The molecule has 4 rings (SSSR count). The van der Waals surface area contributed by atoms with Crippen molar-refractivity contribution in [2.45, 2.75) is 13.5 Å². The Kier molecular flexibility index (Phi) is 6.86. The predicted octanol–water partition coefficient (Wildman–Crippen LogP) is 1.98. The van der Waals surface area contributed by atoms with Gasteiger partial charge in [-0.1, -0.05) is 23.4 Å². The van der Waals surface area contributed by atoms with Crippen LogP contribution in [-0.2, 0) is 6.61 Å². The summed E-state index contributed by atoms with van der Waals surface area (Å²) >= 11 is 0. The molecule has 1 amide bonds. The van der Waals surface area contributed by atoms with Gasteiger partial charge in [0.05, 0.1) is 19.9 Å². The molecule has 13 nitrogen and oxygen atoms in total. The summed E-state index contributed by atoms with van der Waals surface area (Å²) in [6.07, 6.45) is 0. The van der Waals surface area contributed by atoms with E-state index in [0.29, 0.717) is 23.0 Å². The number of para-hydroxylation sites is 1. The van der Waals surface area contributed by atoms with Crippen LogP contribution >= 0.6 is 0 Å². The van der Waals surface area contributed by atoms with Gasteiger partial charge in [0.2, 0.25) is 11.6 Å². The molecule has 4 aromatic rings. The van der Waals surface area contributed by atoms with E-state index < -0.39 is 5.91 Å². The van der Waals surface area contributed by atoms with Crippen LogP contribution in [0.3, 0.4) is 0 Å². The molecule has 0 unspecified atom stereocenters. The summed E-state index contributed by atoms with van der Waals surface area (Å²) in [5, 5.41) is 19.4. The van der Waals surface area contributed by atoms with Crippen molar-refractivity contribution < 1.29 is 23.6 Å². The van der Waals surface area contributed by atoms with E-state index in [2.05, 4.69) is 35.8 Å². The van der Waals surface area contributed by atoms with Crippen molar-refractivity contribution in [1.82, 2.24) is 30.7 Å². The van der Waals surface area contributed by atoms with E-state index in [0.717, 1.165) is 5.56 Å². The number of hydrogen-bond donors (Lipinski definition) is 2. The van der Waals surface area contributed by atoms with E-state index in [1.807, 2.05) is 18.2 Å². The molecule has 0 spiro atoms. The second kappa shape index (κ2) is 10.3. The van der Waals surface area contributed by atoms with E-state index >= 15 is 0 Å². The van der Waals surface area contributed by atoms with Crippen molar-refractivity contribution >= 4 is 17.4 Å². The maximum Gasteiger partial charge on any atom is 0.293 e. The molecular weight excluding hydrogens is 456 g/mol. The van der Waals surface area contributed by atoms with E-state index in [-0.39, 0.29) is 29.6 Å². The van der Waals surface area contributed by atoms with E-state index in [9.17, 15) is 4.79 Å². The molecule has 2 aromatic heterocycles. The number of nitrogens with two attached hydrogens (primary N) is 1. The van der Waals surface area contributed by atoms with E-state index in [4.69, 9.17) is 19.9 Å². The lowest BCUT2D eigenvalue weighted by molar-refractivity contribution is 0.0947. The standard InChI is InChI=1S/C22H22N8O5/c1-13(14-9-10-17(32-2)18(11-14)33-3)24-26-22(31)19-16(12-34-15-7-5-4-6-8-15)30(29-25-19)21-20(23)27-35-28-21/h4-11H,12H2,1-3H3,(H2,23,27)(H,26,31). The monoisotopic (exact) mass is 478 g/mol. The van der Waals surface area contributed by atoms with Gasteiger partial charge in [0.25, 0.3) is 5.91 Å². The molecule has 35 heavy (non-hydrogen) atoms. The van der Waals surface area contributed by atoms with Gasteiger partial charge in [-0.2, -0.15) is 9.78 Å². The van der Waals surface area contributed by atoms with Crippen molar-refractivity contribution in [2.75, 3.05) is 20.0 Å². The number of benzene rings is 2. The Labute approximate surface area is 199 Å². The van der Waals surface area contributed by atoms with Gasteiger partial charge in [0.1, 0.15) is 18.1 Å². The molecular formula is C22H22N8O5. The first kappa shape index (κ1) is 23.2. The first-order valence-electron chi connectivity index (χ1n) is 10.3. The van der Waals surface area contributed by atoms with E-state index in [1.165, 1.54) is 11.8 Å². The summed E-state index contributed by atoms with van der Waals surface area (Å²) in [7, 11) is 3.09. The number of rotatable bonds is 9. The molecule has 0 saturated carbocycles. The summed E-state index contributed by atoms with van der Waals surface area (Å²) in [4.78, 5) is 13.0. The van der Waals surface area contributed by atoms with Crippen LogP contribution in [0.1, 0.15) is 28.7 Å². The number of carbonyl (C=O) groups excluding carboxylic acids is 1. The fraction of sp³-hybridized carbons (Fsp3) is 0.182. The molecule has 0 aliphatic heterocycles. The minimum Gasteiger partial charge on any atom is -0.493 e. The molecule has 13 heteroatoms. The average Bonchev–Trinajstić information content (AvgIpc) is 3.51. The summed E-state index contributed by atoms with van der Waals surface area (Å²) in [6.45, 7) is 1.67. The van der Waals surface area contributed by atoms with Gasteiger partial charge < -0.3 is 19.9 Å². The smallest absolute Gasteiger partial charge is 0.293 e. The Morgan fingerprint density at radius 2 is 1.89 bits per heavy atom. The van der Waals surface area contributed by atoms with Gasteiger partial charge in [-0.15, -0.1) is 5.10 Å². The second-order valence-corrected chi connectivity index (χ2v) is 7.08. The van der Waals surface area contributed by atoms with Crippen LogP contribution in [0.2, 0.25) is 0 Å². The lowest BCUT2D eigenvalue weighted by atomic mass is 10.1. The Morgan fingerprint density at radius 3 is 2.57 bits per heavy atom. The molecule has 0 radical (unpaired) electrons. The van der Waals surface area contributed by atoms with Crippen molar-refractivity contribution in [1.29, 1.82) is 0 Å². The highest BCUT2D eigenvalue weighted by Crippen LogP contribution is 2.27. The summed E-state index contributed by atoms with van der Waals surface area (Å²) in [5.74, 6) is 1.14. The molecule has 0 atom stereocenters. The molecule has 0 aliphatic rings. The number of ether oxygens (including phenoxy) is 3. The van der Waals surface area contributed by atoms with Crippen LogP contribution in [0, 0.1) is 0 Å². The van der Waals surface area contributed by atoms with Crippen LogP contribution in [0.5, 0.6) is 17.2 Å². The summed E-state index contributed by atoms with van der Waals surface area (Å²) in [6, 6.07) is 14.3. The number of amides is 1. The van der Waals surface area contributed by atoms with Crippen molar-refractivity contribution in [3.05, 3.63) is 65.5 Å². The zero-order valence-electron chi connectivity index (χ0n) is 19.1. The fourth-order valence-corrected chi connectivity index (χ4v) is 3.10. The molecule has 2 aromatic carbocycles. The third-order valence-corrected chi connectivity index (χ3v) is 4.92. The molecule has 3 N–H and O–H groups in total. The van der Waals surface area contributed by atoms with Crippen LogP contribution in [0.25, 0.3) is 5.82 Å². The van der Waals surface area contributed by atoms with Gasteiger partial charge >= 0.3 is 0 Å². The number of nitrogens with one attached hydrogen (secondary N) is 1. The Balaban J connectivity index is 1.59. The van der Waals surface area contributed by atoms with Crippen molar-refractivity contribution in [3.63, 3.8) is 0 Å². The highest BCUT2D eigenvalue weighted by atomic mass is 16.6. The summed E-state index contributed by atoms with van der Waals surface area (Å²) in [5.41, 5.74) is 9.78. The number of hydrogen-bond acceptors (Lipinski definition) is 11. The lowest BCUT2D eigenvalue weighted by Gasteiger charge is -2.10. The fourth-order valence-electron chi connectivity index (χ4n) is 3.10. The van der Waals surface area contributed by atoms with Gasteiger partial charge in [0.15, 0.2) is 17.2 Å². The molecule has 0 aliphatic carbocycles. The zero-order valence-corrected chi connectivity index (χ0v) is 19.1. The Morgan fingerprint density at radius 1 is 1.11 bits per heavy atom. The molecule has 2 heterocycles. The number of nitrogen functional groups attached to an aromatic ring is 1. The number of hydrazone groups is 1. The quantitative estimate of drug-likeness (QED) is 0.268. The number of methoxy groups -OCH3 is 2. The number of aromatic nitrogens is 5. The number of nitrogens with zero attached hydrogens (tertiary/aromatic N) is 6. The van der Waals surface area contributed by atoms with Crippen molar-refractivity contribution in [2.24, 2.45) is 5.10 Å². The van der Waals surface area contributed by atoms with Crippen LogP contribution in [-0.4, -0.2) is 51.1 Å². The van der Waals surface area contributed by atoms with E-state index in [1.54, 1.807) is 44.4 Å². The second-order valence-electron chi connectivity index (χ2n) is 7.08. The first-order chi connectivity index (χ1) is 17.0. The van der Waals surface area contributed by atoms with Gasteiger partial charge in [-0.25, -0.2) is 10.1 Å². The maximum absolute atomic E-state index is 13.0. The normalized spacial score (nSPS) is 11.2. The summed E-state index contributed by atoms with van der Waals surface area (Å²) < 4.78 is 22.3. The van der Waals surface area contributed by atoms with Crippen LogP contribution < -0.4 is 25.4 Å². The third-order valence-electron chi connectivity index (χ3n) is 4.92. The minimum atomic E-state index is -0.613. The SMILES string of the molecule is COc1ccc(C(C)=NNC(=O)c2nnn(-c3nonc3N)c2COc2ccccc2)cc1OC. The number of anilines is 1. The van der Waals surface area contributed by atoms with Crippen LogP contribution in [0.15, 0.2) is 58.3 Å². The van der Waals surface area contributed by atoms with Gasteiger partial charge in [-0.05, 0) is 47.6 Å². The van der Waals surface area contributed by atoms with Gasteiger partial charge in [0, 0.05) is 5.56 Å². The molecule has 0 bridgehead atoms. The molecule has 0 fully saturated rings. The topological polar surface area (TPSA) is 165 Å². The lowest BCUT2D eigenvalue weighted by Crippen LogP contribution is -2.22. The minimum absolute atomic E-state index is 0.0230. The highest BCUT2D eigenvalue weighted by Gasteiger charge is 2.24. The van der Waals surface area contributed by atoms with Crippen LogP contribution in [0.4, 0.5) is 5.82 Å². The molecule has 180 valence electrons. The zero-order chi connectivity index (χ0) is 24.8. The maximum atomic E-state index is 13.0. The van der Waals surface area contributed by atoms with Gasteiger partial charge in [-0.3, -0.25) is 4.79 Å². The Hall–Kier alpha value is -4.94. The Bertz CT molecular complexity index is 1350.